The van der Waals surface area contributed by atoms with Gasteiger partial charge in [0.2, 0.25) is 0 Å². The molecule has 0 aromatic heterocycles. The number of hydrogen-bond acceptors (Lipinski definition) is 5. The fourth-order valence-corrected chi connectivity index (χ4v) is 2.13. The van der Waals surface area contributed by atoms with E-state index < -0.39 is 17.7 Å². The maximum absolute atomic E-state index is 11.7. The topological polar surface area (TPSA) is 76.7 Å². The zero-order chi connectivity index (χ0) is 16.2. The highest BCUT2D eigenvalue weighted by Gasteiger charge is 2.17. The number of benzene rings is 1. The van der Waals surface area contributed by atoms with E-state index in [1.807, 2.05) is 6.07 Å². The zero-order valence-electron chi connectivity index (χ0n) is 13.2. The van der Waals surface area contributed by atoms with Gasteiger partial charge in [-0.3, -0.25) is 0 Å². The molecule has 120 valence electrons. The van der Waals surface area contributed by atoms with Gasteiger partial charge >= 0.3 is 12.1 Å². The lowest BCUT2D eigenvalue weighted by Gasteiger charge is -2.20. The van der Waals surface area contributed by atoms with Crippen LogP contribution in [0.25, 0.3) is 0 Å². The molecule has 0 spiro atoms. The molecular weight excluding hydrogens is 284 g/mol. The highest BCUT2D eigenvalue weighted by molar-refractivity contribution is 5.79. The van der Waals surface area contributed by atoms with Gasteiger partial charge in [-0.15, -0.1) is 0 Å². The van der Waals surface area contributed by atoms with Crippen molar-refractivity contribution in [3.05, 3.63) is 23.8 Å². The molecule has 1 aliphatic rings. The minimum absolute atomic E-state index is 0.237. The van der Waals surface area contributed by atoms with Gasteiger partial charge in [0, 0.05) is 18.3 Å². The van der Waals surface area contributed by atoms with Crippen LogP contribution in [0.4, 0.5) is 10.5 Å². The molecular formula is C16H22N2O4. The fraction of sp³-hybridized carbons (Fsp3) is 0.500. The third kappa shape index (κ3) is 4.95. The summed E-state index contributed by atoms with van der Waals surface area (Å²) in [7, 11) is 0. The van der Waals surface area contributed by atoms with Crippen molar-refractivity contribution in [3.8, 4) is 5.75 Å². The van der Waals surface area contributed by atoms with Crippen LogP contribution in [0.5, 0.6) is 5.75 Å². The van der Waals surface area contributed by atoms with Gasteiger partial charge in [-0.25, -0.2) is 9.59 Å². The van der Waals surface area contributed by atoms with E-state index in [9.17, 15) is 9.59 Å². The Morgan fingerprint density at radius 2 is 2.09 bits per heavy atom. The Morgan fingerprint density at radius 1 is 1.32 bits per heavy atom. The maximum atomic E-state index is 11.7. The van der Waals surface area contributed by atoms with Crippen LogP contribution in [0.3, 0.4) is 0 Å². The normalized spacial score (nSPS) is 13.6. The largest absolute Gasteiger partial charge is 0.444 e. The highest BCUT2D eigenvalue weighted by Crippen LogP contribution is 2.26. The number of aryl methyl sites for hydroxylation is 1. The van der Waals surface area contributed by atoms with Crippen LogP contribution in [0, 0.1) is 0 Å². The van der Waals surface area contributed by atoms with Crippen molar-refractivity contribution < 1.29 is 19.1 Å². The molecule has 0 bridgehead atoms. The van der Waals surface area contributed by atoms with Crippen LogP contribution in [0.1, 0.15) is 32.8 Å². The Kier molecular flexibility index (Phi) is 4.90. The van der Waals surface area contributed by atoms with Gasteiger partial charge < -0.3 is 20.1 Å². The number of carbonyl (C=O) groups excluding carboxylic acids is 2. The number of ether oxygens (including phenoxy) is 2. The Bertz CT molecular complexity index is 564. The van der Waals surface area contributed by atoms with Crippen molar-refractivity contribution in [2.45, 2.75) is 39.2 Å². The first-order chi connectivity index (χ1) is 10.3. The van der Waals surface area contributed by atoms with E-state index >= 15 is 0 Å². The van der Waals surface area contributed by atoms with Crippen molar-refractivity contribution in [1.82, 2.24) is 5.32 Å². The molecule has 0 radical (unpaired) electrons. The van der Waals surface area contributed by atoms with E-state index in [4.69, 9.17) is 9.47 Å². The van der Waals surface area contributed by atoms with Crippen molar-refractivity contribution in [2.75, 3.05) is 18.4 Å². The molecule has 2 N–H and O–H groups in total. The lowest BCUT2D eigenvalue weighted by atomic mass is 10.0. The minimum atomic E-state index is -0.642. The number of anilines is 1. The van der Waals surface area contributed by atoms with Crippen LogP contribution < -0.4 is 15.4 Å². The molecule has 0 saturated heterocycles. The van der Waals surface area contributed by atoms with Crippen LogP contribution in [0.15, 0.2) is 18.2 Å². The minimum Gasteiger partial charge on any atom is -0.444 e. The summed E-state index contributed by atoms with van der Waals surface area (Å²) in [4.78, 5) is 23.2. The summed E-state index contributed by atoms with van der Waals surface area (Å²) in [6.45, 7) is 5.95. The Labute approximate surface area is 130 Å². The van der Waals surface area contributed by atoms with E-state index in [-0.39, 0.29) is 6.54 Å². The second-order valence-corrected chi connectivity index (χ2v) is 6.18. The third-order valence-corrected chi connectivity index (χ3v) is 3.03. The molecule has 0 atom stereocenters. The molecule has 0 saturated carbocycles. The lowest BCUT2D eigenvalue weighted by molar-refractivity contribution is -0.133. The number of alkyl carbamates (subject to hydrolysis) is 1. The number of amides is 1. The van der Waals surface area contributed by atoms with Crippen molar-refractivity contribution in [3.63, 3.8) is 0 Å². The summed E-state index contributed by atoms with van der Waals surface area (Å²) in [6.07, 6.45) is 1.49. The van der Waals surface area contributed by atoms with Crippen molar-refractivity contribution in [2.24, 2.45) is 0 Å². The first-order valence-corrected chi connectivity index (χ1v) is 7.38. The summed E-state index contributed by atoms with van der Waals surface area (Å²) in [6, 6.07) is 5.52. The molecule has 0 unspecified atom stereocenters. The van der Waals surface area contributed by atoms with Gasteiger partial charge in [-0.05, 0) is 45.2 Å². The van der Waals surface area contributed by atoms with Gasteiger partial charge in [-0.1, -0.05) is 6.07 Å². The predicted octanol–water partition coefficient (Wildman–Crippen LogP) is 2.47. The lowest BCUT2D eigenvalue weighted by Crippen LogP contribution is -2.36. The first-order valence-electron chi connectivity index (χ1n) is 7.38. The van der Waals surface area contributed by atoms with Crippen molar-refractivity contribution >= 4 is 17.7 Å². The number of esters is 1. The zero-order valence-corrected chi connectivity index (χ0v) is 13.2. The van der Waals surface area contributed by atoms with Gasteiger partial charge in [0.05, 0.1) is 0 Å². The van der Waals surface area contributed by atoms with E-state index in [2.05, 4.69) is 10.6 Å². The molecule has 1 heterocycles. The molecule has 0 aliphatic carbocycles. The summed E-state index contributed by atoms with van der Waals surface area (Å²) in [5.41, 5.74) is 1.62. The van der Waals surface area contributed by atoms with Crippen LogP contribution in [0.2, 0.25) is 0 Å². The Morgan fingerprint density at radius 3 is 2.82 bits per heavy atom. The molecule has 6 nitrogen and oxygen atoms in total. The van der Waals surface area contributed by atoms with E-state index in [1.54, 1.807) is 32.9 Å². The second-order valence-electron chi connectivity index (χ2n) is 6.18. The monoisotopic (exact) mass is 306 g/mol. The fourth-order valence-electron chi connectivity index (χ4n) is 2.13. The molecule has 0 fully saturated rings. The Hall–Kier alpha value is -2.24. The molecule has 1 amide bonds. The predicted molar refractivity (Wildman–Crippen MR) is 83.1 cm³/mol. The molecule has 1 aromatic rings. The number of hydrogen-bond donors (Lipinski definition) is 2. The Balaban J connectivity index is 1.83. The SMILES string of the molecule is CC(C)(C)OC(=O)NCC(=O)Oc1ccc2c(c1)NCCC2. The molecule has 2 rings (SSSR count). The number of carbonyl (C=O) groups is 2. The quantitative estimate of drug-likeness (QED) is 0.662. The highest BCUT2D eigenvalue weighted by atomic mass is 16.6. The van der Waals surface area contributed by atoms with E-state index in [0.29, 0.717) is 5.75 Å². The molecule has 1 aromatic carbocycles. The van der Waals surface area contributed by atoms with Crippen molar-refractivity contribution in [1.29, 1.82) is 0 Å². The van der Waals surface area contributed by atoms with Gasteiger partial charge in [0.1, 0.15) is 17.9 Å². The standard InChI is InChI=1S/C16H22N2O4/c1-16(2,3)22-15(20)18-10-14(19)21-12-7-6-11-5-4-8-17-13(11)9-12/h6-7,9,17H,4-5,8,10H2,1-3H3,(H,18,20). The summed E-state index contributed by atoms with van der Waals surface area (Å²) in [5.74, 6) is -0.0780. The van der Waals surface area contributed by atoms with E-state index in [1.165, 1.54) is 5.56 Å². The summed E-state index contributed by atoms with van der Waals surface area (Å²) in [5, 5.41) is 5.64. The number of fused-ring (bicyclic) bond motifs is 1. The molecule has 1 aliphatic heterocycles. The smallest absolute Gasteiger partial charge is 0.408 e. The van der Waals surface area contributed by atoms with Crippen LogP contribution in [-0.4, -0.2) is 30.8 Å². The van der Waals surface area contributed by atoms with Crippen LogP contribution >= 0.6 is 0 Å². The van der Waals surface area contributed by atoms with E-state index in [0.717, 1.165) is 25.1 Å². The van der Waals surface area contributed by atoms with Gasteiger partial charge in [0.25, 0.3) is 0 Å². The van der Waals surface area contributed by atoms with Gasteiger partial charge in [0.15, 0.2) is 0 Å². The first kappa shape index (κ1) is 16.1. The average Bonchev–Trinajstić information content (AvgIpc) is 2.43. The second kappa shape index (κ2) is 6.68. The summed E-state index contributed by atoms with van der Waals surface area (Å²) < 4.78 is 10.3. The number of rotatable bonds is 3. The number of nitrogens with one attached hydrogen (secondary N) is 2. The molecule has 6 heteroatoms. The van der Waals surface area contributed by atoms with Crippen LogP contribution in [-0.2, 0) is 16.0 Å². The summed E-state index contributed by atoms with van der Waals surface area (Å²) >= 11 is 0. The maximum Gasteiger partial charge on any atom is 0.408 e. The average molecular weight is 306 g/mol. The molecule has 22 heavy (non-hydrogen) atoms. The third-order valence-electron chi connectivity index (χ3n) is 3.03. The van der Waals surface area contributed by atoms with Gasteiger partial charge in [-0.2, -0.15) is 0 Å².